The van der Waals surface area contributed by atoms with Crippen LogP contribution in [0, 0.1) is 0 Å². The van der Waals surface area contributed by atoms with Crippen molar-refractivity contribution in [3.8, 4) is 0 Å². The highest BCUT2D eigenvalue weighted by Gasteiger charge is 2.21. The molecule has 3 rings (SSSR count). The van der Waals surface area contributed by atoms with E-state index in [1.807, 2.05) is 0 Å². The van der Waals surface area contributed by atoms with E-state index in [0.29, 0.717) is 5.54 Å². The van der Waals surface area contributed by atoms with E-state index < -0.39 is 0 Å². The first-order chi connectivity index (χ1) is 7.86. The zero-order valence-corrected chi connectivity index (χ0v) is 9.85. The van der Waals surface area contributed by atoms with Crippen LogP contribution in [0.3, 0.4) is 0 Å². The standard InChI is InChI=1S/C15H11Si/c16-15-13-9-5-4-8-12(13)10-14(15)11-6-2-1-3-7-11/h1-10,15H. The van der Waals surface area contributed by atoms with E-state index in [9.17, 15) is 0 Å². The average Bonchev–Trinajstić information content (AvgIpc) is 2.69. The maximum Gasteiger partial charge on any atom is 0.0397 e. The van der Waals surface area contributed by atoms with Crippen molar-refractivity contribution in [3.63, 3.8) is 0 Å². The van der Waals surface area contributed by atoms with Crippen molar-refractivity contribution in [2.24, 2.45) is 0 Å². The second kappa shape index (κ2) is 3.76. The smallest absolute Gasteiger partial charge is 0.0397 e. The molecular formula is C15H11Si. The first-order valence-corrected chi connectivity index (χ1v) is 6.01. The Labute approximate surface area is 99.1 Å². The number of hydrogen-bond acceptors (Lipinski definition) is 0. The molecule has 3 radical (unpaired) electrons. The fourth-order valence-corrected chi connectivity index (χ4v) is 2.72. The van der Waals surface area contributed by atoms with Crippen LogP contribution in [0.25, 0.3) is 11.6 Å². The van der Waals surface area contributed by atoms with Crippen molar-refractivity contribution in [2.45, 2.75) is 5.54 Å². The van der Waals surface area contributed by atoms with Crippen molar-refractivity contribution < 1.29 is 0 Å². The Morgan fingerprint density at radius 2 is 1.50 bits per heavy atom. The highest BCUT2D eigenvalue weighted by molar-refractivity contribution is 6.23. The fraction of sp³-hybridized carbons (Fsp3) is 0.0667. The third-order valence-corrected chi connectivity index (χ3v) is 3.66. The maximum absolute atomic E-state index is 3.83. The molecule has 75 valence electrons. The molecule has 16 heavy (non-hydrogen) atoms. The molecule has 0 saturated heterocycles. The summed E-state index contributed by atoms with van der Waals surface area (Å²) in [6, 6.07) is 19.1. The Morgan fingerprint density at radius 3 is 2.25 bits per heavy atom. The van der Waals surface area contributed by atoms with Crippen molar-refractivity contribution in [2.75, 3.05) is 0 Å². The lowest BCUT2D eigenvalue weighted by Crippen LogP contribution is -1.97. The van der Waals surface area contributed by atoms with Gasteiger partial charge in [-0.25, -0.2) is 0 Å². The van der Waals surface area contributed by atoms with Crippen LogP contribution < -0.4 is 0 Å². The monoisotopic (exact) mass is 219 g/mol. The number of fused-ring (bicyclic) bond motifs is 1. The summed E-state index contributed by atoms with van der Waals surface area (Å²) in [5.41, 5.74) is 5.63. The van der Waals surface area contributed by atoms with Gasteiger partial charge in [0.25, 0.3) is 0 Å². The zero-order valence-electron chi connectivity index (χ0n) is 8.85. The van der Waals surface area contributed by atoms with E-state index >= 15 is 0 Å². The van der Waals surface area contributed by atoms with Crippen LogP contribution in [0.5, 0.6) is 0 Å². The van der Waals surface area contributed by atoms with E-state index in [1.54, 1.807) is 0 Å². The molecule has 1 unspecified atom stereocenters. The molecule has 0 aromatic heterocycles. The highest BCUT2D eigenvalue weighted by Crippen LogP contribution is 2.39. The minimum atomic E-state index is 0.318. The van der Waals surface area contributed by atoms with E-state index in [2.05, 4.69) is 70.9 Å². The van der Waals surface area contributed by atoms with Crippen LogP contribution >= 0.6 is 0 Å². The Kier molecular flexibility index (Phi) is 2.26. The summed E-state index contributed by atoms with van der Waals surface area (Å²) < 4.78 is 0. The van der Waals surface area contributed by atoms with Gasteiger partial charge in [-0.1, -0.05) is 60.7 Å². The fourth-order valence-electron chi connectivity index (χ4n) is 2.20. The lowest BCUT2D eigenvalue weighted by Gasteiger charge is -2.10. The van der Waals surface area contributed by atoms with E-state index in [4.69, 9.17) is 0 Å². The number of benzene rings is 2. The summed E-state index contributed by atoms with van der Waals surface area (Å²) in [5.74, 6) is 0. The van der Waals surface area contributed by atoms with Gasteiger partial charge >= 0.3 is 0 Å². The second-order valence-electron chi connectivity index (χ2n) is 4.03. The SMILES string of the molecule is [Si]C1C(c2ccccc2)=Cc2ccccc21. The van der Waals surface area contributed by atoms with Gasteiger partial charge in [0.15, 0.2) is 0 Å². The Balaban J connectivity index is 2.09. The van der Waals surface area contributed by atoms with Gasteiger partial charge in [0.1, 0.15) is 0 Å². The molecule has 1 aliphatic carbocycles. The highest BCUT2D eigenvalue weighted by atomic mass is 28.1. The molecule has 0 N–H and O–H groups in total. The lowest BCUT2D eigenvalue weighted by atomic mass is 10.0. The first-order valence-electron chi connectivity index (χ1n) is 5.43. The summed E-state index contributed by atoms with van der Waals surface area (Å²) in [7, 11) is 3.83. The molecule has 0 nitrogen and oxygen atoms in total. The van der Waals surface area contributed by atoms with Gasteiger partial charge in [0.05, 0.1) is 0 Å². The molecule has 1 aliphatic rings. The Morgan fingerprint density at radius 1 is 0.812 bits per heavy atom. The molecule has 0 bridgehead atoms. The predicted octanol–water partition coefficient (Wildman–Crippen LogP) is 3.45. The van der Waals surface area contributed by atoms with Crippen LogP contribution in [0.1, 0.15) is 22.2 Å². The van der Waals surface area contributed by atoms with Crippen molar-refractivity contribution in [1.82, 2.24) is 0 Å². The van der Waals surface area contributed by atoms with E-state index in [1.165, 1.54) is 22.3 Å². The van der Waals surface area contributed by atoms with Crippen LogP contribution in [0.4, 0.5) is 0 Å². The van der Waals surface area contributed by atoms with Gasteiger partial charge in [-0.05, 0) is 27.8 Å². The zero-order chi connectivity index (χ0) is 11.0. The first kappa shape index (κ1) is 9.61. The Bertz CT molecular complexity index is 540. The third kappa shape index (κ3) is 1.44. The number of hydrogen-bond donors (Lipinski definition) is 0. The summed E-state index contributed by atoms with van der Waals surface area (Å²) in [6.07, 6.45) is 2.27. The predicted molar refractivity (Wildman–Crippen MR) is 69.3 cm³/mol. The van der Waals surface area contributed by atoms with E-state index in [-0.39, 0.29) is 0 Å². The molecule has 0 heterocycles. The maximum atomic E-state index is 3.83. The molecule has 0 amide bonds. The van der Waals surface area contributed by atoms with Gasteiger partial charge in [0.2, 0.25) is 0 Å². The second-order valence-corrected chi connectivity index (χ2v) is 4.60. The van der Waals surface area contributed by atoms with Crippen molar-refractivity contribution in [3.05, 3.63) is 71.3 Å². The molecule has 0 spiro atoms. The van der Waals surface area contributed by atoms with Crippen molar-refractivity contribution in [1.29, 1.82) is 0 Å². The van der Waals surface area contributed by atoms with Gasteiger partial charge in [-0.2, -0.15) is 0 Å². The molecular weight excluding hydrogens is 208 g/mol. The normalized spacial score (nSPS) is 18.1. The van der Waals surface area contributed by atoms with Crippen LogP contribution in [-0.4, -0.2) is 10.2 Å². The molecule has 0 aliphatic heterocycles. The number of allylic oxidation sites excluding steroid dienone is 1. The summed E-state index contributed by atoms with van der Waals surface area (Å²) in [6.45, 7) is 0. The minimum absolute atomic E-state index is 0.318. The average molecular weight is 219 g/mol. The van der Waals surface area contributed by atoms with Crippen molar-refractivity contribution >= 4 is 21.9 Å². The largest absolute Gasteiger partial charge is 0.0622 e. The van der Waals surface area contributed by atoms with Gasteiger partial charge < -0.3 is 0 Å². The summed E-state index contributed by atoms with van der Waals surface area (Å²) in [5, 5.41) is 0. The number of rotatable bonds is 1. The van der Waals surface area contributed by atoms with Gasteiger partial charge in [-0.3, -0.25) is 0 Å². The molecule has 2 aromatic carbocycles. The third-order valence-electron chi connectivity index (χ3n) is 3.04. The molecule has 2 aromatic rings. The van der Waals surface area contributed by atoms with Crippen LogP contribution in [0.15, 0.2) is 54.6 Å². The lowest BCUT2D eigenvalue weighted by molar-refractivity contribution is 1.26. The minimum Gasteiger partial charge on any atom is -0.0622 e. The van der Waals surface area contributed by atoms with E-state index in [0.717, 1.165) is 0 Å². The van der Waals surface area contributed by atoms with Gasteiger partial charge in [-0.15, -0.1) is 0 Å². The molecule has 1 heteroatoms. The quantitative estimate of drug-likeness (QED) is 0.644. The molecule has 1 atom stereocenters. The topological polar surface area (TPSA) is 0 Å². The Hall–Kier alpha value is -1.60. The van der Waals surface area contributed by atoms with Crippen LogP contribution in [-0.2, 0) is 0 Å². The molecule has 0 saturated carbocycles. The summed E-state index contributed by atoms with van der Waals surface area (Å²) in [4.78, 5) is 0. The summed E-state index contributed by atoms with van der Waals surface area (Å²) >= 11 is 0. The van der Waals surface area contributed by atoms with Crippen LogP contribution in [0.2, 0.25) is 0 Å². The van der Waals surface area contributed by atoms with Gasteiger partial charge in [0, 0.05) is 10.2 Å². The molecule has 0 fully saturated rings.